The van der Waals surface area contributed by atoms with Gasteiger partial charge in [-0.3, -0.25) is 4.79 Å². The molecule has 0 saturated carbocycles. The molecular formula is C14H19BrFNO3S. The van der Waals surface area contributed by atoms with E-state index in [0.29, 0.717) is 11.0 Å². The van der Waals surface area contributed by atoms with E-state index in [0.717, 1.165) is 0 Å². The summed E-state index contributed by atoms with van der Waals surface area (Å²) >= 11 is 3.20. The number of amides is 1. The molecule has 1 aromatic carbocycles. The summed E-state index contributed by atoms with van der Waals surface area (Å²) in [7, 11) is -3.20. The summed E-state index contributed by atoms with van der Waals surface area (Å²) < 4.78 is 37.8. The largest absolute Gasteiger partial charge is 0.335 e. The number of benzene rings is 1. The van der Waals surface area contributed by atoms with Crippen LogP contribution in [-0.2, 0) is 9.84 Å². The smallest absolute Gasteiger partial charge is 0.257 e. The predicted molar refractivity (Wildman–Crippen MR) is 84.6 cm³/mol. The Hall–Kier alpha value is -0.950. The average molecular weight is 380 g/mol. The summed E-state index contributed by atoms with van der Waals surface area (Å²) in [5.41, 5.74) is -0.0630. The van der Waals surface area contributed by atoms with Gasteiger partial charge in [0.2, 0.25) is 0 Å². The second-order valence-corrected chi connectivity index (χ2v) is 8.08. The Balaban J connectivity index is 3.04. The van der Waals surface area contributed by atoms with Crippen LogP contribution in [0.5, 0.6) is 0 Å². The van der Waals surface area contributed by atoms with Crippen molar-refractivity contribution >= 4 is 31.7 Å². The van der Waals surface area contributed by atoms with Crippen LogP contribution < -0.4 is 0 Å². The SMILES string of the molecule is CCN(C(=O)c1cc(Br)ccc1F)C(C)CS(=O)(=O)CC. The first kappa shape index (κ1) is 18.1. The highest BCUT2D eigenvalue weighted by Crippen LogP contribution is 2.18. The molecule has 0 saturated heterocycles. The minimum Gasteiger partial charge on any atom is -0.335 e. The third-order valence-corrected chi connectivity index (χ3v) is 5.59. The van der Waals surface area contributed by atoms with Gasteiger partial charge in [0, 0.05) is 22.8 Å². The second kappa shape index (κ2) is 7.35. The van der Waals surface area contributed by atoms with Crippen LogP contribution in [0.1, 0.15) is 31.1 Å². The predicted octanol–water partition coefficient (Wildman–Crippen LogP) is 2.87. The Morgan fingerprint density at radius 3 is 2.52 bits per heavy atom. The van der Waals surface area contributed by atoms with Crippen molar-refractivity contribution in [2.45, 2.75) is 26.8 Å². The number of carbonyl (C=O) groups is 1. The van der Waals surface area contributed by atoms with Gasteiger partial charge < -0.3 is 4.90 Å². The van der Waals surface area contributed by atoms with E-state index >= 15 is 0 Å². The number of hydrogen-bond donors (Lipinski definition) is 0. The fourth-order valence-electron chi connectivity index (χ4n) is 2.05. The molecule has 118 valence electrons. The summed E-state index contributed by atoms with van der Waals surface area (Å²) in [6.07, 6.45) is 0. The lowest BCUT2D eigenvalue weighted by Crippen LogP contribution is -2.42. The lowest BCUT2D eigenvalue weighted by Gasteiger charge is -2.28. The Morgan fingerprint density at radius 1 is 1.38 bits per heavy atom. The molecule has 4 nitrogen and oxygen atoms in total. The first-order chi connectivity index (χ1) is 9.71. The van der Waals surface area contributed by atoms with Gasteiger partial charge in [0.25, 0.3) is 5.91 Å². The molecule has 0 radical (unpaired) electrons. The summed E-state index contributed by atoms with van der Waals surface area (Å²) in [6.45, 7) is 5.27. The van der Waals surface area contributed by atoms with E-state index in [9.17, 15) is 17.6 Å². The summed E-state index contributed by atoms with van der Waals surface area (Å²) in [4.78, 5) is 13.8. The van der Waals surface area contributed by atoms with Crippen molar-refractivity contribution < 1.29 is 17.6 Å². The molecule has 0 aromatic heterocycles. The van der Waals surface area contributed by atoms with E-state index < -0.39 is 27.6 Å². The molecule has 1 unspecified atom stereocenters. The van der Waals surface area contributed by atoms with Crippen molar-refractivity contribution in [1.29, 1.82) is 0 Å². The molecule has 0 bridgehead atoms. The van der Waals surface area contributed by atoms with Gasteiger partial charge in [-0.05, 0) is 32.0 Å². The third-order valence-electron chi connectivity index (χ3n) is 3.23. The molecule has 0 fully saturated rings. The first-order valence-electron chi connectivity index (χ1n) is 6.68. The summed E-state index contributed by atoms with van der Waals surface area (Å²) in [5, 5.41) is 0. The maximum Gasteiger partial charge on any atom is 0.257 e. The van der Waals surface area contributed by atoms with Gasteiger partial charge in [-0.2, -0.15) is 0 Å². The van der Waals surface area contributed by atoms with Crippen molar-refractivity contribution in [2.24, 2.45) is 0 Å². The lowest BCUT2D eigenvalue weighted by molar-refractivity contribution is 0.0714. The molecule has 0 aliphatic rings. The van der Waals surface area contributed by atoms with Gasteiger partial charge >= 0.3 is 0 Å². The van der Waals surface area contributed by atoms with E-state index in [2.05, 4.69) is 15.9 Å². The summed E-state index contributed by atoms with van der Waals surface area (Å²) in [5.74, 6) is -1.23. The topological polar surface area (TPSA) is 54.5 Å². The van der Waals surface area contributed by atoms with E-state index in [-0.39, 0.29) is 17.1 Å². The highest BCUT2D eigenvalue weighted by atomic mass is 79.9. The van der Waals surface area contributed by atoms with Gasteiger partial charge in [0.15, 0.2) is 9.84 Å². The van der Waals surface area contributed by atoms with Gasteiger partial charge in [0.1, 0.15) is 5.82 Å². The quantitative estimate of drug-likeness (QED) is 0.763. The fraction of sp³-hybridized carbons (Fsp3) is 0.500. The first-order valence-corrected chi connectivity index (χ1v) is 9.29. The Labute approximate surface area is 133 Å². The summed E-state index contributed by atoms with van der Waals surface area (Å²) in [6, 6.07) is 3.61. The highest BCUT2D eigenvalue weighted by molar-refractivity contribution is 9.10. The second-order valence-electron chi connectivity index (χ2n) is 4.76. The number of carbonyl (C=O) groups excluding carboxylic acids is 1. The van der Waals surface area contributed by atoms with Gasteiger partial charge in [-0.15, -0.1) is 0 Å². The maximum absolute atomic E-state index is 13.8. The van der Waals surface area contributed by atoms with Crippen LogP contribution in [0.25, 0.3) is 0 Å². The zero-order valence-electron chi connectivity index (χ0n) is 12.3. The average Bonchev–Trinajstić information content (AvgIpc) is 2.41. The minimum atomic E-state index is -3.20. The fourth-order valence-corrected chi connectivity index (χ4v) is 3.56. The molecule has 0 aliphatic heterocycles. The zero-order chi connectivity index (χ0) is 16.2. The van der Waals surface area contributed by atoms with Gasteiger partial charge in [0.05, 0.1) is 11.3 Å². The molecule has 0 aliphatic carbocycles. The van der Waals surface area contributed by atoms with Gasteiger partial charge in [-0.1, -0.05) is 22.9 Å². The molecule has 1 atom stereocenters. The Kier molecular flexibility index (Phi) is 6.34. The van der Waals surface area contributed by atoms with E-state index in [1.54, 1.807) is 20.8 Å². The highest BCUT2D eigenvalue weighted by Gasteiger charge is 2.25. The van der Waals surface area contributed by atoms with Crippen LogP contribution in [-0.4, -0.2) is 43.3 Å². The molecule has 1 rings (SSSR count). The maximum atomic E-state index is 13.8. The molecule has 0 spiro atoms. The standard InChI is InChI=1S/C14H19BrFNO3S/c1-4-17(10(3)9-21(19,20)5-2)14(18)12-8-11(15)6-7-13(12)16/h6-8,10H,4-5,9H2,1-3H3. The molecular weight excluding hydrogens is 361 g/mol. The minimum absolute atomic E-state index is 0.0222. The van der Waals surface area contributed by atoms with Crippen molar-refractivity contribution in [2.75, 3.05) is 18.1 Å². The molecule has 21 heavy (non-hydrogen) atoms. The van der Waals surface area contributed by atoms with Crippen molar-refractivity contribution in [3.05, 3.63) is 34.1 Å². The third kappa shape index (κ3) is 4.78. The van der Waals surface area contributed by atoms with E-state index in [1.165, 1.54) is 23.1 Å². The van der Waals surface area contributed by atoms with Crippen molar-refractivity contribution in [1.82, 2.24) is 4.90 Å². The van der Waals surface area contributed by atoms with Gasteiger partial charge in [-0.25, -0.2) is 12.8 Å². The van der Waals surface area contributed by atoms with Crippen LogP contribution in [0.4, 0.5) is 4.39 Å². The molecule has 0 N–H and O–H groups in total. The number of nitrogens with zero attached hydrogens (tertiary/aromatic N) is 1. The van der Waals surface area contributed by atoms with Crippen molar-refractivity contribution in [3.8, 4) is 0 Å². The van der Waals surface area contributed by atoms with Crippen LogP contribution in [0.2, 0.25) is 0 Å². The lowest BCUT2D eigenvalue weighted by atomic mass is 10.1. The molecule has 1 aromatic rings. The van der Waals surface area contributed by atoms with Crippen LogP contribution in [0, 0.1) is 5.82 Å². The molecule has 0 heterocycles. The zero-order valence-corrected chi connectivity index (χ0v) is 14.7. The normalized spacial score (nSPS) is 13.0. The number of rotatable bonds is 6. The Morgan fingerprint density at radius 2 is 2.00 bits per heavy atom. The van der Waals surface area contributed by atoms with E-state index in [4.69, 9.17) is 0 Å². The van der Waals surface area contributed by atoms with Crippen LogP contribution in [0.15, 0.2) is 22.7 Å². The van der Waals surface area contributed by atoms with Crippen molar-refractivity contribution in [3.63, 3.8) is 0 Å². The number of halogens is 2. The van der Waals surface area contributed by atoms with E-state index in [1.807, 2.05) is 0 Å². The number of hydrogen-bond acceptors (Lipinski definition) is 3. The van der Waals surface area contributed by atoms with Crippen LogP contribution >= 0.6 is 15.9 Å². The number of sulfone groups is 1. The van der Waals surface area contributed by atoms with Crippen LogP contribution in [0.3, 0.4) is 0 Å². The molecule has 1 amide bonds. The Bertz CT molecular complexity index is 619. The monoisotopic (exact) mass is 379 g/mol. The molecule has 7 heteroatoms.